The van der Waals surface area contributed by atoms with E-state index in [1.165, 1.54) is 12.1 Å². The van der Waals surface area contributed by atoms with E-state index in [1.54, 1.807) is 12.3 Å². The predicted octanol–water partition coefficient (Wildman–Crippen LogP) is 2.61. The fourth-order valence-corrected chi connectivity index (χ4v) is 1.67. The topological polar surface area (TPSA) is 24.9 Å². The molecule has 0 unspecified atom stereocenters. The molecule has 1 N–H and O–H groups in total. The zero-order valence-corrected chi connectivity index (χ0v) is 9.07. The fourth-order valence-electron chi connectivity index (χ4n) is 1.67. The molecule has 3 heteroatoms. The van der Waals surface area contributed by atoms with Gasteiger partial charge in [0.1, 0.15) is 5.82 Å². The molecule has 1 aromatic carbocycles. The molecule has 0 saturated heterocycles. The summed E-state index contributed by atoms with van der Waals surface area (Å²) in [5.41, 5.74) is 2.75. The van der Waals surface area contributed by atoms with E-state index in [0.29, 0.717) is 6.54 Å². The smallest absolute Gasteiger partial charge is 0.123 e. The van der Waals surface area contributed by atoms with E-state index in [2.05, 4.69) is 10.3 Å². The highest BCUT2D eigenvalue weighted by Crippen LogP contribution is 2.22. The molecule has 0 aliphatic rings. The largest absolute Gasteiger partial charge is 0.314 e. The number of rotatable bonds is 3. The number of nitrogens with zero attached hydrogens (tertiary/aromatic N) is 1. The van der Waals surface area contributed by atoms with Gasteiger partial charge in [-0.1, -0.05) is 18.2 Å². The van der Waals surface area contributed by atoms with Crippen LogP contribution in [0.2, 0.25) is 0 Å². The zero-order chi connectivity index (χ0) is 11.4. The van der Waals surface area contributed by atoms with Crippen LogP contribution in [0.15, 0.2) is 42.6 Å². The first-order chi connectivity index (χ1) is 7.81. The van der Waals surface area contributed by atoms with Gasteiger partial charge < -0.3 is 5.32 Å². The van der Waals surface area contributed by atoms with Crippen LogP contribution in [-0.2, 0) is 6.54 Å². The fraction of sp³-hybridized carbons (Fsp3) is 0.154. The number of hydrogen-bond donors (Lipinski definition) is 1. The molecule has 1 aromatic heterocycles. The van der Waals surface area contributed by atoms with Crippen molar-refractivity contribution in [3.05, 3.63) is 54.1 Å². The van der Waals surface area contributed by atoms with Gasteiger partial charge in [0.2, 0.25) is 0 Å². The maximum atomic E-state index is 13.1. The second-order valence-corrected chi connectivity index (χ2v) is 3.54. The van der Waals surface area contributed by atoms with Crippen molar-refractivity contribution in [2.24, 2.45) is 0 Å². The molecule has 0 atom stereocenters. The summed E-state index contributed by atoms with van der Waals surface area (Å²) in [6, 6.07) is 10.4. The van der Waals surface area contributed by atoms with E-state index in [0.717, 1.165) is 16.8 Å². The maximum absolute atomic E-state index is 13.1. The summed E-state index contributed by atoms with van der Waals surface area (Å²) in [6.07, 6.45) is 1.75. The van der Waals surface area contributed by atoms with E-state index in [-0.39, 0.29) is 5.82 Å². The lowest BCUT2D eigenvalue weighted by molar-refractivity contribution is 0.628. The maximum Gasteiger partial charge on any atom is 0.123 e. The van der Waals surface area contributed by atoms with Gasteiger partial charge in [-0.25, -0.2) is 4.39 Å². The number of nitrogens with one attached hydrogen (secondary N) is 1. The molecule has 2 nitrogen and oxygen atoms in total. The lowest BCUT2D eigenvalue weighted by Crippen LogP contribution is -2.08. The second kappa shape index (κ2) is 4.86. The Labute approximate surface area is 94.2 Å². The number of benzene rings is 1. The molecule has 0 amide bonds. The van der Waals surface area contributed by atoms with Crippen LogP contribution in [-0.4, -0.2) is 12.0 Å². The Morgan fingerprint density at radius 1 is 1.25 bits per heavy atom. The van der Waals surface area contributed by atoms with Crippen molar-refractivity contribution in [3.63, 3.8) is 0 Å². The van der Waals surface area contributed by atoms with E-state index in [9.17, 15) is 4.39 Å². The molecule has 16 heavy (non-hydrogen) atoms. The molecular formula is C13H13FN2. The molecular weight excluding hydrogens is 203 g/mol. The van der Waals surface area contributed by atoms with Gasteiger partial charge in [0.25, 0.3) is 0 Å². The lowest BCUT2D eigenvalue weighted by atomic mass is 10.0. The van der Waals surface area contributed by atoms with E-state index < -0.39 is 0 Å². The summed E-state index contributed by atoms with van der Waals surface area (Å²) in [4.78, 5) is 4.29. The Morgan fingerprint density at radius 3 is 2.88 bits per heavy atom. The Balaban J connectivity index is 2.46. The summed E-state index contributed by atoms with van der Waals surface area (Å²) in [5.74, 6) is -0.225. The van der Waals surface area contributed by atoms with Gasteiger partial charge in [0, 0.05) is 18.3 Å². The van der Waals surface area contributed by atoms with Crippen molar-refractivity contribution in [2.45, 2.75) is 6.54 Å². The molecule has 0 radical (unpaired) electrons. The van der Waals surface area contributed by atoms with Crippen LogP contribution in [0.25, 0.3) is 11.1 Å². The van der Waals surface area contributed by atoms with Crippen LogP contribution in [0.5, 0.6) is 0 Å². The van der Waals surface area contributed by atoms with Crippen LogP contribution < -0.4 is 5.32 Å². The van der Waals surface area contributed by atoms with Crippen molar-refractivity contribution < 1.29 is 4.39 Å². The summed E-state index contributed by atoms with van der Waals surface area (Å²) >= 11 is 0. The zero-order valence-electron chi connectivity index (χ0n) is 9.07. The van der Waals surface area contributed by atoms with Gasteiger partial charge in [0.15, 0.2) is 0 Å². The van der Waals surface area contributed by atoms with Crippen molar-refractivity contribution in [3.8, 4) is 11.1 Å². The van der Waals surface area contributed by atoms with Gasteiger partial charge in [-0.05, 0) is 30.8 Å². The molecule has 0 bridgehead atoms. The molecule has 0 fully saturated rings. The summed E-state index contributed by atoms with van der Waals surface area (Å²) in [7, 11) is 1.87. The minimum Gasteiger partial charge on any atom is -0.314 e. The van der Waals surface area contributed by atoms with E-state index in [4.69, 9.17) is 0 Å². The molecule has 0 spiro atoms. The van der Waals surface area contributed by atoms with Crippen molar-refractivity contribution in [1.82, 2.24) is 10.3 Å². The van der Waals surface area contributed by atoms with Crippen LogP contribution in [0.4, 0.5) is 4.39 Å². The molecule has 82 valence electrons. The lowest BCUT2D eigenvalue weighted by Gasteiger charge is -2.07. The first kappa shape index (κ1) is 10.8. The average Bonchev–Trinajstić information content (AvgIpc) is 2.30. The third-order valence-corrected chi connectivity index (χ3v) is 2.37. The number of halogens is 1. The normalized spacial score (nSPS) is 10.4. The van der Waals surface area contributed by atoms with Gasteiger partial charge in [-0.2, -0.15) is 0 Å². The van der Waals surface area contributed by atoms with E-state index >= 15 is 0 Å². The summed E-state index contributed by atoms with van der Waals surface area (Å²) in [5, 5.41) is 3.05. The third-order valence-electron chi connectivity index (χ3n) is 2.37. The number of pyridine rings is 1. The van der Waals surface area contributed by atoms with Crippen LogP contribution in [0.1, 0.15) is 5.69 Å². The first-order valence-corrected chi connectivity index (χ1v) is 5.15. The van der Waals surface area contributed by atoms with Crippen LogP contribution in [0.3, 0.4) is 0 Å². The van der Waals surface area contributed by atoms with Crippen LogP contribution >= 0.6 is 0 Å². The Hall–Kier alpha value is -1.74. The van der Waals surface area contributed by atoms with Crippen molar-refractivity contribution >= 4 is 0 Å². The number of hydrogen-bond acceptors (Lipinski definition) is 2. The first-order valence-electron chi connectivity index (χ1n) is 5.15. The summed E-state index contributed by atoms with van der Waals surface area (Å²) < 4.78 is 13.1. The molecule has 0 saturated carbocycles. The third kappa shape index (κ3) is 2.25. The van der Waals surface area contributed by atoms with Gasteiger partial charge in [-0.15, -0.1) is 0 Å². The molecule has 2 aromatic rings. The Morgan fingerprint density at radius 2 is 2.12 bits per heavy atom. The van der Waals surface area contributed by atoms with E-state index in [1.807, 2.05) is 25.2 Å². The highest BCUT2D eigenvalue weighted by atomic mass is 19.1. The molecule has 2 rings (SSSR count). The highest BCUT2D eigenvalue weighted by Gasteiger charge is 2.05. The monoisotopic (exact) mass is 216 g/mol. The Bertz CT molecular complexity index is 483. The van der Waals surface area contributed by atoms with Crippen LogP contribution in [0, 0.1) is 5.82 Å². The van der Waals surface area contributed by atoms with Crippen molar-refractivity contribution in [2.75, 3.05) is 7.05 Å². The molecule has 0 aliphatic heterocycles. The molecule has 0 aliphatic carbocycles. The quantitative estimate of drug-likeness (QED) is 0.853. The number of aromatic nitrogens is 1. The minimum absolute atomic E-state index is 0.225. The Kier molecular flexibility index (Phi) is 3.27. The second-order valence-electron chi connectivity index (χ2n) is 3.54. The minimum atomic E-state index is -0.225. The van der Waals surface area contributed by atoms with Gasteiger partial charge in [0.05, 0.1) is 5.69 Å². The van der Waals surface area contributed by atoms with Gasteiger partial charge >= 0.3 is 0 Å². The predicted molar refractivity (Wildman–Crippen MR) is 62.4 cm³/mol. The standard InChI is InChI=1S/C13H13FN2/c1-15-9-13-12(6-3-7-16-13)10-4-2-5-11(14)8-10/h2-8,15H,9H2,1H3. The van der Waals surface area contributed by atoms with Gasteiger partial charge in [-0.3, -0.25) is 4.98 Å². The highest BCUT2D eigenvalue weighted by molar-refractivity contribution is 5.65. The summed E-state index contributed by atoms with van der Waals surface area (Å²) in [6.45, 7) is 0.673. The SMILES string of the molecule is CNCc1ncccc1-c1cccc(F)c1. The average molecular weight is 216 g/mol. The molecule has 1 heterocycles. The van der Waals surface area contributed by atoms with Crippen molar-refractivity contribution in [1.29, 1.82) is 0 Å².